The van der Waals surface area contributed by atoms with E-state index in [-0.39, 0.29) is 5.91 Å². The highest BCUT2D eigenvalue weighted by molar-refractivity contribution is 14.1. The number of carbonyl (C=O) groups is 1. The fraction of sp³-hybridized carbons (Fsp3) is 0.200. The quantitative estimate of drug-likeness (QED) is 0.654. The first-order valence-corrected chi connectivity index (χ1v) is 7.29. The number of anilines is 1. The maximum absolute atomic E-state index is 12.0. The largest absolute Gasteiger partial charge is 0.320 e. The van der Waals surface area contributed by atoms with E-state index in [0.717, 1.165) is 15.7 Å². The second kappa shape index (κ2) is 6.65. The Bertz CT molecular complexity index is 567. The van der Waals surface area contributed by atoms with Crippen LogP contribution in [0.2, 0.25) is 0 Å². The fourth-order valence-corrected chi connectivity index (χ4v) is 2.27. The molecule has 1 amide bonds. The summed E-state index contributed by atoms with van der Waals surface area (Å²) in [6.45, 7) is 2.44. The summed E-state index contributed by atoms with van der Waals surface area (Å²) in [6, 6.07) is 11.8. The number of rotatable bonds is 4. The van der Waals surface area contributed by atoms with Crippen molar-refractivity contribution in [3.8, 4) is 0 Å². The smallest absolute Gasteiger partial charge is 0.290 e. The van der Waals surface area contributed by atoms with Crippen LogP contribution in [0.3, 0.4) is 0 Å². The molecule has 3 nitrogen and oxygen atoms in total. The van der Waals surface area contributed by atoms with Crippen molar-refractivity contribution in [3.63, 3.8) is 0 Å². The van der Waals surface area contributed by atoms with Crippen molar-refractivity contribution in [1.29, 1.82) is 0 Å². The van der Waals surface area contributed by atoms with E-state index < -0.39 is 0 Å². The predicted molar refractivity (Wildman–Crippen MR) is 83.8 cm³/mol. The average Bonchev–Trinajstić information content (AvgIpc) is 2.42. The van der Waals surface area contributed by atoms with Gasteiger partial charge in [-0.25, -0.2) is 0 Å². The van der Waals surface area contributed by atoms with Crippen LogP contribution in [0.15, 0.2) is 48.8 Å². The molecule has 98 valence electrons. The molecule has 0 bridgehead atoms. The van der Waals surface area contributed by atoms with Crippen LogP contribution in [0.4, 0.5) is 5.69 Å². The normalized spacial score (nSPS) is 10.2. The number of para-hydroxylation sites is 1. The van der Waals surface area contributed by atoms with E-state index in [1.807, 2.05) is 53.4 Å². The van der Waals surface area contributed by atoms with Crippen molar-refractivity contribution >= 4 is 34.2 Å². The number of benzene rings is 1. The molecule has 1 aromatic carbocycles. The third-order valence-electron chi connectivity index (χ3n) is 2.84. The number of carbonyl (C=O) groups excluding carboxylic acids is 1. The summed E-state index contributed by atoms with van der Waals surface area (Å²) >= 11 is 2.21. The number of hydrogen-bond donors (Lipinski definition) is 1. The number of aromatic nitrogens is 1. The highest BCUT2D eigenvalue weighted by atomic mass is 127. The molecule has 0 saturated carbocycles. The maximum Gasteiger partial charge on any atom is 0.290 e. The van der Waals surface area contributed by atoms with Crippen LogP contribution in [-0.4, -0.2) is 5.91 Å². The molecule has 1 N–H and O–H groups in total. The fourth-order valence-electron chi connectivity index (χ4n) is 1.75. The van der Waals surface area contributed by atoms with Crippen LogP contribution < -0.4 is 9.88 Å². The molecule has 0 spiro atoms. The molecule has 2 rings (SSSR count). The van der Waals surface area contributed by atoms with Crippen LogP contribution in [0.25, 0.3) is 0 Å². The van der Waals surface area contributed by atoms with E-state index in [9.17, 15) is 4.79 Å². The monoisotopic (exact) mass is 367 g/mol. The highest BCUT2D eigenvalue weighted by Gasteiger charge is 2.10. The van der Waals surface area contributed by atoms with Gasteiger partial charge in [-0.05, 0) is 46.7 Å². The Hall–Kier alpha value is -1.43. The van der Waals surface area contributed by atoms with Crippen LogP contribution >= 0.6 is 22.6 Å². The molecule has 0 fully saturated rings. The Morgan fingerprint density at radius 2 is 1.89 bits per heavy atom. The molecule has 0 aliphatic carbocycles. The summed E-state index contributed by atoms with van der Waals surface area (Å²) in [6.07, 6.45) is 4.89. The topological polar surface area (TPSA) is 33.0 Å². The molecule has 0 atom stereocenters. The van der Waals surface area contributed by atoms with Crippen LogP contribution in [0.1, 0.15) is 12.5 Å². The molecule has 0 saturated heterocycles. The van der Waals surface area contributed by atoms with Gasteiger partial charge in [-0.15, -0.1) is 0 Å². The first-order valence-electron chi connectivity index (χ1n) is 6.21. The molecular weight excluding hydrogens is 351 g/mol. The van der Waals surface area contributed by atoms with Crippen molar-refractivity contribution in [1.82, 2.24) is 0 Å². The molecule has 0 aliphatic rings. The first kappa shape index (κ1) is 14.0. The van der Waals surface area contributed by atoms with E-state index >= 15 is 0 Å². The molecule has 0 unspecified atom stereocenters. The average molecular weight is 367 g/mol. The van der Waals surface area contributed by atoms with E-state index in [1.54, 1.807) is 0 Å². The van der Waals surface area contributed by atoms with Gasteiger partial charge in [0.2, 0.25) is 6.54 Å². The zero-order valence-electron chi connectivity index (χ0n) is 10.8. The van der Waals surface area contributed by atoms with Gasteiger partial charge in [0.05, 0.1) is 5.69 Å². The molecule has 19 heavy (non-hydrogen) atoms. The second-order valence-electron chi connectivity index (χ2n) is 4.26. The van der Waals surface area contributed by atoms with Gasteiger partial charge < -0.3 is 5.32 Å². The predicted octanol–water partition coefficient (Wildman–Crippen LogP) is 2.78. The van der Waals surface area contributed by atoms with Gasteiger partial charge in [0.15, 0.2) is 12.4 Å². The lowest BCUT2D eigenvalue weighted by Crippen LogP contribution is -2.39. The Kier molecular flexibility index (Phi) is 4.90. The lowest BCUT2D eigenvalue weighted by Gasteiger charge is -2.05. The summed E-state index contributed by atoms with van der Waals surface area (Å²) < 4.78 is 2.92. The van der Waals surface area contributed by atoms with E-state index in [0.29, 0.717) is 6.54 Å². The van der Waals surface area contributed by atoms with Crippen molar-refractivity contribution in [2.24, 2.45) is 0 Å². The Balaban J connectivity index is 1.99. The molecule has 2 aromatic rings. The van der Waals surface area contributed by atoms with Gasteiger partial charge >= 0.3 is 0 Å². The number of aryl methyl sites for hydroxylation is 1. The van der Waals surface area contributed by atoms with Crippen molar-refractivity contribution in [3.05, 3.63) is 57.9 Å². The standard InChI is InChI=1S/C15H15IN2O/c1-2-12-7-9-18(10-8-12)11-15(19)17-14-6-4-3-5-13(14)16/h3-10H,2,11H2,1H3/p+1. The summed E-state index contributed by atoms with van der Waals surface area (Å²) in [5, 5.41) is 2.92. The minimum Gasteiger partial charge on any atom is -0.320 e. The molecule has 0 aliphatic heterocycles. The lowest BCUT2D eigenvalue weighted by atomic mass is 10.2. The first-order chi connectivity index (χ1) is 9.19. The van der Waals surface area contributed by atoms with Crippen molar-refractivity contribution in [2.45, 2.75) is 19.9 Å². The lowest BCUT2D eigenvalue weighted by molar-refractivity contribution is -0.684. The molecule has 4 heteroatoms. The zero-order valence-corrected chi connectivity index (χ0v) is 12.9. The zero-order chi connectivity index (χ0) is 13.7. The SMILES string of the molecule is CCc1cc[n+](CC(=O)Nc2ccccc2I)cc1. The minimum atomic E-state index is -0.0154. The van der Waals surface area contributed by atoms with Gasteiger partial charge in [-0.2, -0.15) is 4.57 Å². The highest BCUT2D eigenvalue weighted by Crippen LogP contribution is 2.16. The van der Waals surface area contributed by atoms with Crippen molar-refractivity contribution in [2.75, 3.05) is 5.32 Å². The Morgan fingerprint density at radius 1 is 1.21 bits per heavy atom. The van der Waals surface area contributed by atoms with E-state index in [4.69, 9.17) is 0 Å². The Labute approximate surface area is 126 Å². The summed E-state index contributed by atoms with van der Waals surface area (Å²) in [5.41, 5.74) is 2.13. The van der Waals surface area contributed by atoms with Gasteiger partial charge in [0.1, 0.15) is 0 Å². The second-order valence-corrected chi connectivity index (χ2v) is 5.42. The number of hydrogen-bond acceptors (Lipinski definition) is 1. The van der Waals surface area contributed by atoms with Crippen LogP contribution in [0.5, 0.6) is 0 Å². The third-order valence-corrected chi connectivity index (χ3v) is 3.78. The van der Waals surface area contributed by atoms with E-state index in [2.05, 4.69) is 34.8 Å². The summed E-state index contributed by atoms with van der Waals surface area (Å²) in [5.74, 6) is -0.0154. The number of nitrogens with zero attached hydrogens (tertiary/aromatic N) is 1. The molecular formula is C15H16IN2O+. The van der Waals surface area contributed by atoms with E-state index in [1.165, 1.54) is 5.56 Å². The van der Waals surface area contributed by atoms with Crippen LogP contribution in [-0.2, 0) is 17.8 Å². The van der Waals surface area contributed by atoms with Crippen LogP contribution in [0, 0.1) is 3.57 Å². The molecule has 0 radical (unpaired) electrons. The van der Waals surface area contributed by atoms with Crippen molar-refractivity contribution < 1.29 is 9.36 Å². The molecule has 1 aromatic heterocycles. The van der Waals surface area contributed by atoms with Gasteiger partial charge in [-0.3, -0.25) is 4.79 Å². The third kappa shape index (κ3) is 4.02. The Morgan fingerprint density at radius 3 is 2.53 bits per heavy atom. The minimum absolute atomic E-state index is 0.0154. The number of halogens is 1. The van der Waals surface area contributed by atoms with Gasteiger partial charge in [0, 0.05) is 15.7 Å². The van der Waals surface area contributed by atoms with Gasteiger partial charge in [-0.1, -0.05) is 19.1 Å². The number of nitrogens with one attached hydrogen (secondary N) is 1. The van der Waals surface area contributed by atoms with Gasteiger partial charge in [0.25, 0.3) is 5.91 Å². The summed E-state index contributed by atoms with van der Waals surface area (Å²) in [4.78, 5) is 12.0. The number of pyridine rings is 1. The number of amides is 1. The maximum atomic E-state index is 12.0. The molecule has 1 heterocycles. The summed E-state index contributed by atoms with van der Waals surface area (Å²) in [7, 11) is 0.